The van der Waals surface area contributed by atoms with Crippen LogP contribution in [0, 0.1) is 5.41 Å². The van der Waals surface area contributed by atoms with Crippen molar-refractivity contribution in [2.45, 2.75) is 51.5 Å². The van der Waals surface area contributed by atoms with E-state index < -0.39 is 0 Å². The standard InChI is InChI=1S/C12H24N2/c1-12(6-3-2-4-7-12)10-14-11-5-8-13-9-11/h11,13-14H,2-10H2,1H3. The zero-order valence-electron chi connectivity index (χ0n) is 9.44. The summed E-state index contributed by atoms with van der Waals surface area (Å²) in [6, 6.07) is 0.744. The van der Waals surface area contributed by atoms with Crippen molar-refractivity contribution in [2.75, 3.05) is 19.6 Å². The van der Waals surface area contributed by atoms with Crippen molar-refractivity contribution in [3.05, 3.63) is 0 Å². The van der Waals surface area contributed by atoms with Gasteiger partial charge in [0.2, 0.25) is 0 Å². The van der Waals surface area contributed by atoms with Crippen LogP contribution in [0.4, 0.5) is 0 Å². The first-order valence-electron chi connectivity index (χ1n) is 6.23. The highest BCUT2D eigenvalue weighted by Gasteiger charge is 2.27. The lowest BCUT2D eigenvalue weighted by Crippen LogP contribution is -2.40. The zero-order valence-corrected chi connectivity index (χ0v) is 9.44. The van der Waals surface area contributed by atoms with Crippen molar-refractivity contribution in [1.82, 2.24) is 10.6 Å². The molecule has 0 aromatic heterocycles. The number of nitrogens with one attached hydrogen (secondary N) is 2. The molecular weight excluding hydrogens is 172 g/mol. The molecule has 82 valence electrons. The molecule has 1 aliphatic carbocycles. The van der Waals surface area contributed by atoms with E-state index in [1.165, 1.54) is 58.2 Å². The SMILES string of the molecule is CC1(CNC2CCNC2)CCCCC1. The Bertz CT molecular complexity index is 167. The van der Waals surface area contributed by atoms with E-state index in [1.807, 2.05) is 0 Å². The summed E-state index contributed by atoms with van der Waals surface area (Å²) in [6.07, 6.45) is 8.53. The highest BCUT2D eigenvalue weighted by molar-refractivity contribution is 4.84. The number of hydrogen-bond acceptors (Lipinski definition) is 2. The molecule has 1 aliphatic heterocycles. The van der Waals surface area contributed by atoms with Crippen LogP contribution in [0.2, 0.25) is 0 Å². The second-order valence-electron chi connectivity index (χ2n) is 5.44. The van der Waals surface area contributed by atoms with Crippen molar-refractivity contribution in [3.8, 4) is 0 Å². The van der Waals surface area contributed by atoms with Crippen LogP contribution < -0.4 is 10.6 Å². The normalized spacial score (nSPS) is 31.9. The summed E-state index contributed by atoms with van der Waals surface area (Å²) in [5.74, 6) is 0. The van der Waals surface area contributed by atoms with Crippen molar-refractivity contribution in [3.63, 3.8) is 0 Å². The monoisotopic (exact) mass is 196 g/mol. The molecule has 0 bridgehead atoms. The molecule has 1 unspecified atom stereocenters. The topological polar surface area (TPSA) is 24.1 Å². The summed E-state index contributed by atoms with van der Waals surface area (Å²) in [5, 5.41) is 7.14. The van der Waals surface area contributed by atoms with Gasteiger partial charge in [-0.25, -0.2) is 0 Å². The Morgan fingerprint density at radius 1 is 1.29 bits per heavy atom. The van der Waals surface area contributed by atoms with Gasteiger partial charge in [-0.3, -0.25) is 0 Å². The predicted molar refractivity (Wildman–Crippen MR) is 60.5 cm³/mol. The maximum absolute atomic E-state index is 3.73. The van der Waals surface area contributed by atoms with Crippen LogP contribution in [0.5, 0.6) is 0 Å². The Kier molecular flexibility index (Phi) is 3.45. The van der Waals surface area contributed by atoms with E-state index in [-0.39, 0.29) is 0 Å². The number of rotatable bonds is 3. The molecule has 14 heavy (non-hydrogen) atoms. The summed E-state index contributed by atoms with van der Waals surface area (Å²) in [4.78, 5) is 0. The first kappa shape index (κ1) is 10.4. The highest BCUT2D eigenvalue weighted by Crippen LogP contribution is 2.35. The molecule has 2 nitrogen and oxygen atoms in total. The van der Waals surface area contributed by atoms with Crippen molar-refractivity contribution in [2.24, 2.45) is 5.41 Å². The van der Waals surface area contributed by atoms with Gasteiger partial charge in [0.1, 0.15) is 0 Å². The zero-order chi connectivity index (χ0) is 9.86. The Morgan fingerprint density at radius 3 is 2.71 bits per heavy atom. The molecule has 2 rings (SSSR count). The summed E-state index contributed by atoms with van der Waals surface area (Å²) < 4.78 is 0. The fourth-order valence-electron chi connectivity index (χ4n) is 2.80. The summed E-state index contributed by atoms with van der Waals surface area (Å²) >= 11 is 0. The van der Waals surface area contributed by atoms with E-state index in [9.17, 15) is 0 Å². The van der Waals surface area contributed by atoms with Gasteiger partial charge < -0.3 is 10.6 Å². The maximum atomic E-state index is 3.73. The van der Waals surface area contributed by atoms with Gasteiger partial charge in [0.25, 0.3) is 0 Å². The third-order valence-corrected chi connectivity index (χ3v) is 3.94. The largest absolute Gasteiger partial charge is 0.315 e. The predicted octanol–water partition coefficient (Wildman–Crippen LogP) is 1.91. The maximum Gasteiger partial charge on any atom is 0.0204 e. The van der Waals surface area contributed by atoms with Gasteiger partial charge in [-0.05, 0) is 31.2 Å². The molecule has 1 saturated carbocycles. The molecular formula is C12H24N2. The van der Waals surface area contributed by atoms with Crippen LogP contribution in [-0.4, -0.2) is 25.7 Å². The molecule has 1 heterocycles. The molecule has 1 atom stereocenters. The van der Waals surface area contributed by atoms with E-state index in [4.69, 9.17) is 0 Å². The van der Waals surface area contributed by atoms with Crippen molar-refractivity contribution >= 4 is 0 Å². The van der Waals surface area contributed by atoms with Gasteiger partial charge in [-0.1, -0.05) is 26.2 Å². The lowest BCUT2D eigenvalue weighted by Gasteiger charge is -2.34. The highest BCUT2D eigenvalue weighted by atomic mass is 15.0. The Morgan fingerprint density at radius 2 is 2.07 bits per heavy atom. The summed E-state index contributed by atoms with van der Waals surface area (Å²) in [7, 11) is 0. The molecule has 1 saturated heterocycles. The van der Waals surface area contributed by atoms with E-state index in [0.29, 0.717) is 5.41 Å². The third-order valence-electron chi connectivity index (χ3n) is 3.94. The second-order valence-corrected chi connectivity index (χ2v) is 5.44. The van der Waals surface area contributed by atoms with E-state index in [0.717, 1.165) is 6.04 Å². The lowest BCUT2D eigenvalue weighted by molar-refractivity contribution is 0.201. The molecule has 0 aromatic carbocycles. The van der Waals surface area contributed by atoms with Gasteiger partial charge in [-0.2, -0.15) is 0 Å². The number of hydrogen-bond donors (Lipinski definition) is 2. The minimum Gasteiger partial charge on any atom is -0.315 e. The minimum atomic E-state index is 0.598. The molecule has 2 heteroatoms. The second kappa shape index (κ2) is 4.63. The van der Waals surface area contributed by atoms with E-state index in [2.05, 4.69) is 17.6 Å². The van der Waals surface area contributed by atoms with Gasteiger partial charge in [-0.15, -0.1) is 0 Å². The minimum absolute atomic E-state index is 0.598. The first-order chi connectivity index (χ1) is 6.79. The summed E-state index contributed by atoms with van der Waals surface area (Å²) in [5.41, 5.74) is 0.598. The van der Waals surface area contributed by atoms with Gasteiger partial charge in [0.05, 0.1) is 0 Å². The third kappa shape index (κ3) is 2.71. The van der Waals surface area contributed by atoms with Crippen LogP contribution in [-0.2, 0) is 0 Å². The van der Waals surface area contributed by atoms with Crippen LogP contribution in [0.25, 0.3) is 0 Å². The average Bonchev–Trinajstić information content (AvgIpc) is 2.69. The molecule has 0 amide bonds. The smallest absolute Gasteiger partial charge is 0.0204 e. The van der Waals surface area contributed by atoms with Crippen LogP contribution in [0.1, 0.15) is 45.4 Å². The van der Waals surface area contributed by atoms with Crippen molar-refractivity contribution < 1.29 is 0 Å². The average molecular weight is 196 g/mol. The first-order valence-corrected chi connectivity index (χ1v) is 6.23. The lowest BCUT2D eigenvalue weighted by atomic mass is 9.75. The van der Waals surface area contributed by atoms with Crippen LogP contribution in [0.15, 0.2) is 0 Å². The van der Waals surface area contributed by atoms with Gasteiger partial charge >= 0.3 is 0 Å². The van der Waals surface area contributed by atoms with Gasteiger partial charge in [0.15, 0.2) is 0 Å². The quantitative estimate of drug-likeness (QED) is 0.720. The van der Waals surface area contributed by atoms with Crippen LogP contribution in [0.3, 0.4) is 0 Å². The summed E-state index contributed by atoms with van der Waals surface area (Å²) in [6.45, 7) is 6.07. The Labute approximate surface area is 87.8 Å². The molecule has 0 radical (unpaired) electrons. The fraction of sp³-hybridized carbons (Fsp3) is 1.00. The molecule has 0 aromatic rings. The fourth-order valence-corrected chi connectivity index (χ4v) is 2.80. The molecule has 0 spiro atoms. The van der Waals surface area contributed by atoms with Crippen molar-refractivity contribution in [1.29, 1.82) is 0 Å². The molecule has 2 N–H and O–H groups in total. The Balaban J connectivity index is 1.72. The van der Waals surface area contributed by atoms with E-state index in [1.54, 1.807) is 0 Å². The van der Waals surface area contributed by atoms with E-state index >= 15 is 0 Å². The Hall–Kier alpha value is -0.0800. The molecule has 2 fully saturated rings. The van der Waals surface area contributed by atoms with Crippen LogP contribution >= 0.6 is 0 Å². The molecule has 2 aliphatic rings. The van der Waals surface area contributed by atoms with Gasteiger partial charge in [0, 0.05) is 19.1 Å².